The van der Waals surface area contributed by atoms with Crippen molar-refractivity contribution in [2.45, 2.75) is 45.7 Å². The first-order valence-electron chi connectivity index (χ1n) is 5.82. The van der Waals surface area contributed by atoms with E-state index in [1.807, 2.05) is 6.92 Å². The highest BCUT2D eigenvalue weighted by molar-refractivity contribution is 5.24. The van der Waals surface area contributed by atoms with Gasteiger partial charge in [0.25, 0.3) is 0 Å². The molecular formula is C14H20N2. The zero-order valence-corrected chi connectivity index (χ0v) is 10.3. The highest BCUT2D eigenvalue weighted by atomic mass is 14.9. The summed E-state index contributed by atoms with van der Waals surface area (Å²) in [7, 11) is 0. The van der Waals surface area contributed by atoms with Gasteiger partial charge in [0.1, 0.15) is 0 Å². The number of hydrogen-bond donors (Lipinski definition) is 1. The Morgan fingerprint density at radius 2 is 1.81 bits per heavy atom. The number of nitrogens with one attached hydrogen (secondary N) is 1. The number of nitrogens with zero attached hydrogens (tertiary/aromatic N) is 1. The fourth-order valence-electron chi connectivity index (χ4n) is 1.52. The van der Waals surface area contributed by atoms with Gasteiger partial charge in [0.2, 0.25) is 0 Å². The number of hydrogen-bond acceptors (Lipinski definition) is 2. The molecule has 0 aliphatic carbocycles. The van der Waals surface area contributed by atoms with Gasteiger partial charge in [-0.15, -0.1) is 0 Å². The molecule has 2 heteroatoms. The lowest BCUT2D eigenvalue weighted by atomic mass is 10.0. The first-order chi connectivity index (χ1) is 7.63. The van der Waals surface area contributed by atoms with Crippen LogP contribution in [0.15, 0.2) is 24.3 Å². The van der Waals surface area contributed by atoms with Gasteiger partial charge in [0, 0.05) is 12.6 Å². The molecule has 1 aromatic carbocycles. The largest absolute Gasteiger partial charge is 0.309 e. The van der Waals surface area contributed by atoms with Gasteiger partial charge in [0.05, 0.1) is 12.5 Å². The average molecular weight is 216 g/mol. The summed E-state index contributed by atoms with van der Waals surface area (Å²) in [6.45, 7) is 7.26. The van der Waals surface area contributed by atoms with Gasteiger partial charge in [-0.3, -0.25) is 0 Å². The molecule has 1 N–H and O–H groups in total. The predicted octanol–water partition coefficient (Wildman–Crippen LogP) is 3.20. The lowest BCUT2D eigenvalue weighted by molar-refractivity contribution is 0.557. The van der Waals surface area contributed by atoms with Crippen molar-refractivity contribution in [2.24, 2.45) is 0 Å². The monoisotopic (exact) mass is 216 g/mol. The molecule has 1 rings (SSSR count). The summed E-state index contributed by atoms with van der Waals surface area (Å²) in [5, 5.41) is 11.9. The Morgan fingerprint density at radius 1 is 1.19 bits per heavy atom. The summed E-state index contributed by atoms with van der Waals surface area (Å²) < 4.78 is 0. The molecule has 0 saturated heterocycles. The molecule has 2 nitrogen and oxygen atoms in total. The molecule has 0 amide bonds. The van der Waals surface area contributed by atoms with Gasteiger partial charge in [-0.05, 0) is 24.0 Å². The first-order valence-corrected chi connectivity index (χ1v) is 5.82. The Bertz CT molecular complexity index is 346. The lowest BCUT2D eigenvalue weighted by Gasteiger charge is -2.11. The maximum Gasteiger partial charge on any atom is 0.0638 e. The minimum Gasteiger partial charge on any atom is -0.309 e. The summed E-state index contributed by atoms with van der Waals surface area (Å²) >= 11 is 0. The van der Waals surface area contributed by atoms with Crippen LogP contribution in [0.5, 0.6) is 0 Å². The maximum atomic E-state index is 8.54. The number of nitriles is 1. The van der Waals surface area contributed by atoms with Crippen LogP contribution >= 0.6 is 0 Å². The lowest BCUT2D eigenvalue weighted by Crippen LogP contribution is -2.24. The van der Waals surface area contributed by atoms with Gasteiger partial charge >= 0.3 is 0 Å². The van der Waals surface area contributed by atoms with Gasteiger partial charge in [-0.2, -0.15) is 5.26 Å². The van der Waals surface area contributed by atoms with Crippen molar-refractivity contribution in [3.8, 4) is 6.07 Å². The van der Waals surface area contributed by atoms with E-state index >= 15 is 0 Å². The van der Waals surface area contributed by atoms with Crippen LogP contribution in [-0.4, -0.2) is 6.04 Å². The van der Waals surface area contributed by atoms with Gasteiger partial charge < -0.3 is 5.32 Å². The van der Waals surface area contributed by atoms with Crippen molar-refractivity contribution in [1.29, 1.82) is 5.26 Å². The SMILES string of the molecule is CC(CC#N)NCc1ccc(C(C)C)cc1. The number of rotatable bonds is 5. The Morgan fingerprint density at radius 3 is 2.31 bits per heavy atom. The zero-order chi connectivity index (χ0) is 12.0. The van der Waals surface area contributed by atoms with Crippen molar-refractivity contribution in [3.63, 3.8) is 0 Å². The van der Waals surface area contributed by atoms with Crippen LogP contribution in [0, 0.1) is 11.3 Å². The second kappa shape index (κ2) is 6.30. The molecule has 1 aromatic rings. The highest BCUT2D eigenvalue weighted by Crippen LogP contribution is 2.14. The summed E-state index contributed by atoms with van der Waals surface area (Å²) in [5.41, 5.74) is 2.64. The van der Waals surface area contributed by atoms with E-state index < -0.39 is 0 Å². The Balaban J connectivity index is 2.47. The van der Waals surface area contributed by atoms with E-state index in [0.29, 0.717) is 12.3 Å². The van der Waals surface area contributed by atoms with E-state index in [1.54, 1.807) is 0 Å². The molecule has 0 spiro atoms. The predicted molar refractivity (Wildman–Crippen MR) is 67.1 cm³/mol. The summed E-state index contributed by atoms with van der Waals surface area (Å²) in [4.78, 5) is 0. The van der Waals surface area contributed by atoms with Crippen LogP contribution in [0.3, 0.4) is 0 Å². The van der Waals surface area contributed by atoms with Gasteiger partial charge in [-0.1, -0.05) is 38.1 Å². The minimum absolute atomic E-state index is 0.259. The minimum atomic E-state index is 0.259. The van der Waals surface area contributed by atoms with E-state index in [0.717, 1.165) is 6.54 Å². The van der Waals surface area contributed by atoms with Crippen LogP contribution in [0.2, 0.25) is 0 Å². The third-order valence-corrected chi connectivity index (χ3v) is 2.70. The summed E-state index contributed by atoms with van der Waals surface area (Å²) in [6, 6.07) is 11.1. The molecule has 0 aromatic heterocycles. The molecule has 0 radical (unpaired) electrons. The van der Waals surface area contributed by atoms with Crippen molar-refractivity contribution in [2.75, 3.05) is 0 Å². The molecule has 0 fully saturated rings. The third kappa shape index (κ3) is 4.04. The fraction of sp³-hybridized carbons (Fsp3) is 0.500. The second-order valence-corrected chi connectivity index (χ2v) is 4.54. The van der Waals surface area contributed by atoms with Crippen molar-refractivity contribution < 1.29 is 0 Å². The van der Waals surface area contributed by atoms with Crippen molar-refractivity contribution >= 4 is 0 Å². The summed E-state index contributed by atoms with van der Waals surface area (Å²) in [6.07, 6.45) is 0.560. The topological polar surface area (TPSA) is 35.8 Å². The molecule has 16 heavy (non-hydrogen) atoms. The standard InChI is InChI=1S/C14H20N2/c1-11(2)14-6-4-13(5-7-14)10-16-12(3)8-9-15/h4-7,11-12,16H,8,10H2,1-3H3. The van der Waals surface area contributed by atoms with Crippen molar-refractivity contribution in [1.82, 2.24) is 5.32 Å². The Labute approximate surface area is 98.3 Å². The number of benzene rings is 1. The molecular weight excluding hydrogens is 196 g/mol. The smallest absolute Gasteiger partial charge is 0.0638 e. The average Bonchev–Trinajstić information content (AvgIpc) is 2.27. The van der Waals surface area contributed by atoms with E-state index in [-0.39, 0.29) is 6.04 Å². The molecule has 0 heterocycles. The van der Waals surface area contributed by atoms with Crippen LogP contribution in [0.4, 0.5) is 0 Å². The van der Waals surface area contributed by atoms with Gasteiger partial charge in [0.15, 0.2) is 0 Å². The molecule has 1 unspecified atom stereocenters. The quantitative estimate of drug-likeness (QED) is 0.820. The molecule has 0 saturated carbocycles. The molecule has 0 aliphatic rings. The van der Waals surface area contributed by atoms with Gasteiger partial charge in [-0.25, -0.2) is 0 Å². The Kier molecular flexibility index (Phi) is 5.01. The van der Waals surface area contributed by atoms with E-state index in [4.69, 9.17) is 5.26 Å². The van der Waals surface area contributed by atoms with E-state index in [1.165, 1.54) is 11.1 Å². The van der Waals surface area contributed by atoms with Crippen LogP contribution in [-0.2, 0) is 6.54 Å². The zero-order valence-electron chi connectivity index (χ0n) is 10.3. The Hall–Kier alpha value is -1.33. The van der Waals surface area contributed by atoms with Crippen molar-refractivity contribution in [3.05, 3.63) is 35.4 Å². The first kappa shape index (κ1) is 12.7. The summed E-state index contributed by atoms with van der Waals surface area (Å²) in [5.74, 6) is 0.583. The second-order valence-electron chi connectivity index (χ2n) is 4.54. The molecule has 1 atom stereocenters. The molecule has 86 valence electrons. The third-order valence-electron chi connectivity index (χ3n) is 2.70. The normalized spacial score (nSPS) is 12.4. The molecule has 0 aliphatic heterocycles. The fourth-order valence-corrected chi connectivity index (χ4v) is 1.52. The highest BCUT2D eigenvalue weighted by Gasteiger charge is 2.01. The van der Waals surface area contributed by atoms with Crippen LogP contribution in [0.25, 0.3) is 0 Å². The maximum absolute atomic E-state index is 8.54. The van der Waals surface area contributed by atoms with E-state index in [2.05, 4.69) is 49.5 Å². The molecule has 0 bridgehead atoms. The van der Waals surface area contributed by atoms with Crippen LogP contribution < -0.4 is 5.32 Å². The van der Waals surface area contributed by atoms with E-state index in [9.17, 15) is 0 Å². The van der Waals surface area contributed by atoms with Crippen LogP contribution in [0.1, 0.15) is 44.2 Å².